The average Bonchev–Trinajstić information content (AvgIpc) is 2.27. The maximum Gasteiger partial charge on any atom is 0.310 e. The van der Waals surface area contributed by atoms with Gasteiger partial charge in [0.15, 0.2) is 0 Å². The summed E-state index contributed by atoms with van der Waals surface area (Å²) in [4.78, 5) is 23.4. The summed E-state index contributed by atoms with van der Waals surface area (Å²) in [5.74, 6) is -0.177. The Labute approximate surface area is 110 Å². The normalized spacial score (nSPS) is 11.8. The van der Waals surface area contributed by atoms with Crippen LogP contribution in [0.2, 0.25) is 5.02 Å². The smallest absolute Gasteiger partial charge is 0.310 e. The highest BCUT2D eigenvalue weighted by atomic mass is 35.5. The number of nitro groups is 1. The van der Waals surface area contributed by atoms with Crippen LogP contribution in [0.25, 0.3) is 0 Å². The number of nitro benzene ring substituents is 1. The fourth-order valence-corrected chi connectivity index (χ4v) is 1.74. The fourth-order valence-electron chi connectivity index (χ4n) is 1.50. The quantitative estimate of drug-likeness (QED) is 0.672. The van der Waals surface area contributed by atoms with Crippen LogP contribution in [0.3, 0.4) is 0 Å². The zero-order valence-corrected chi connectivity index (χ0v) is 11.1. The second kappa shape index (κ2) is 5.68. The van der Waals surface area contributed by atoms with Crippen LogP contribution >= 0.6 is 11.6 Å². The zero-order valence-electron chi connectivity index (χ0n) is 10.3. The molecule has 0 radical (unpaired) electrons. The lowest BCUT2D eigenvalue weighted by Crippen LogP contribution is -2.36. The van der Waals surface area contributed by atoms with Crippen molar-refractivity contribution in [2.75, 3.05) is 19.4 Å². The van der Waals surface area contributed by atoms with E-state index in [4.69, 9.17) is 11.6 Å². The molecule has 18 heavy (non-hydrogen) atoms. The first kappa shape index (κ1) is 14.2. The summed E-state index contributed by atoms with van der Waals surface area (Å²) < 4.78 is 0. The van der Waals surface area contributed by atoms with Crippen molar-refractivity contribution in [3.63, 3.8) is 0 Å². The number of benzene rings is 1. The highest BCUT2D eigenvalue weighted by Gasteiger charge is 2.22. The number of hydrogen-bond donors (Lipinski definition) is 1. The van der Waals surface area contributed by atoms with Crippen LogP contribution in [-0.4, -0.2) is 35.9 Å². The third kappa shape index (κ3) is 3.10. The zero-order chi connectivity index (χ0) is 13.9. The molecule has 6 nitrogen and oxygen atoms in total. The SMILES string of the molecule is CC(Nc1cccc(Cl)c1[N+](=O)[O-])C(=O)N(C)C. The number of anilines is 1. The maximum atomic E-state index is 11.7. The molecular weight excluding hydrogens is 258 g/mol. The van der Waals surface area contributed by atoms with E-state index < -0.39 is 11.0 Å². The molecule has 0 aromatic heterocycles. The van der Waals surface area contributed by atoms with Crippen molar-refractivity contribution in [1.29, 1.82) is 0 Å². The van der Waals surface area contributed by atoms with Crippen molar-refractivity contribution in [3.05, 3.63) is 33.3 Å². The first-order valence-corrected chi connectivity index (χ1v) is 5.63. The van der Waals surface area contributed by atoms with Crippen LogP contribution in [0.4, 0.5) is 11.4 Å². The molecule has 0 saturated heterocycles. The average molecular weight is 272 g/mol. The van der Waals surface area contributed by atoms with Crippen molar-refractivity contribution in [2.45, 2.75) is 13.0 Å². The molecule has 0 heterocycles. The Morgan fingerprint density at radius 1 is 1.50 bits per heavy atom. The number of carbonyl (C=O) groups excluding carboxylic acids is 1. The highest BCUT2D eigenvalue weighted by molar-refractivity contribution is 6.33. The second-order valence-electron chi connectivity index (χ2n) is 3.99. The lowest BCUT2D eigenvalue weighted by atomic mass is 10.2. The summed E-state index contributed by atoms with van der Waals surface area (Å²) in [6.45, 7) is 1.63. The predicted octanol–water partition coefficient (Wildman–Crippen LogP) is 2.14. The van der Waals surface area contributed by atoms with E-state index in [1.165, 1.54) is 17.0 Å². The molecule has 1 N–H and O–H groups in total. The molecule has 1 aromatic rings. The van der Waals surface area contributed by atoms with Crippen LogP contribution in [0.5, 0.6) is 0 Å². The Bertz CT molecular complexity index is 477. The highest BCUT2D eigenvalue weighted by Crippen LogP contribution is 2.32. The van der Waals surface area contributed by atoms with E-state index in [0.717, 1.165) is 0 Å². The number of para-hydroxylation sites is 1. The van der Waals surface area contributed by atoms with Gasteiger partial charge in [0.1, 0.15) is 16.8 Å². The molecule has 98 valence electrons. The summed E-state index contributed by atoms with van der Waals surface area (Å²) in [6.07, 6.45) is 0. The number of carbonyl (C=O) groups is 1. The minimum atomic E-state index is -0.572. The Hall–Kier alpha value is -1.82. The van der Waals surface area contributed by atoms with Crippen LogP contribution in [0, 0.1) is 10.1 Å². The minimum absolute atomic E-state index is 0.0366. The molecule has 0 bridgehead atoms. The van der Waals surface area contributed by atoms with Gasteiger partial charge in [-0.25, -0.2) is 0 Å². The van der Waals surface area contributed by atoms with Gasteiger partial charge in [0, 0.05) is 14.1 Å². The van der Waals surface area contributed by atoms with Gasteiger partial charge in [-0.1, -0.05) is 17.7 Å². The van der Waals surface area contributed by atoms with E-state index in [1.807, 2.05) is 0 Å². The van der Waals surface area contributed by atoms with Gasteiger partial charge in [0.25, 0.3) is 0 Å². The van der Waals surface area contributed by atoms with Gasteiger partial charge in [-0.15, -0.1) is 0 Å². The van der Waals surface area contributed by atoms with E-state index in [2.05, 4.69) is 5.32 Å². The molecule has 0 spiro atoms. The molecule has 0 aliphatic heterocycles. The van der Waals surface area contributed by atoms with Crippen molar-refractivity contribution >= 4 is 28.9 Å². The molecule has 0 fully saturated rings. The summed E-state index contributed by atoms with van der Waals surface area (Å²) in [5, 5.41) is 13.7. The minimum Gasteiger partial charge on any atom is -0.368 e. The predicted molar refractivity (Wildman–Crippen MR) is 69.9 cm³/mol. The summed E-state index contributed by atoms with van der Waals surface area (Å²) >= 11 is 5.77. The largest absolute Gasteiger partial charge is 0.368 e. The molecular formula is C11H14ClN3O3. The maximum absolute atomic E-state index is 11.7. The number of nitrogens with zero attached hydrogens (tertiary/aromatic N) is 2. The molecule has 0 saturated carbocycles. The van der Waals surface area contributed by atoms with Gasteiger partial charge < -0.3 is 10.2 Å². The van der Waals surface area contributed by atoms with Crippen molar-refractivity contribution in [3.8, 4) is 0 Å². The molecule has 1 amide bonds. The first-order chi connectivity index (χ1) is 8.34. The topological polar surface area (TPSA) is 75.5 Å². The molecule has 1 aromatic carbocycles. The van der Waals surface area contributed by atoms with E-state index in [-0.39, 0.29) is 22.3 Å². The van der Waals surface area contributed by atoms with Crippen molar-refractivity contribution in [2.24, 2.45) is 0 Å². The first-order valence-electron chi connectivity index (χ1n) is 5.25. The van der Waals surface area contributed by atoms with Crippen molar-refractivity contribution in [1.82, 2.24) is 4.90 Å². The Balaban J connectivity index is 3.01. The van der Waals surface area contributed by atoms with Crippen molar-refractivity contribution < 1.29 is 9.72 Å². The molecule has 1 unspecified atom stereocenters. The Morgan fingerprint density at radius 3 is 2.61 bits per heavy atom. The van der Waals surface area contributed by atoms with Crippen LogP contribution in [0.1, 0.15) is 6.92 Å². The summed E-state index contributed by atoms with van der Waals surface area (Å²) in [7, 11) is 3.24. The molecule has 1 atom stereocenters. The van der Waals surface area contributed by atoms with E-state index in [1.54, 1.807) is 27.1 Å². The monoisotopic (exact) mass is 271 g/mol. The summed E-state index contributed by atoms with van der Waals surface area (Å²) in [6, 6.07) is 3.97. The van der Waals surface area contributed by atoms with Gasteiger partial charge in [-0.3, -0.25) is 14.9 Å². The Kier molecular flexibility index (Phi) is 4.49. The lowest BCUT2D eigenvalue weighted by Gasteiger charge is -2.19. The molecule has 0 aliphatic carbocycles. The van der Waals surface area contributed by atoms with E-state index >= 15 is 0 Å². The van der Waals surface area contributed by atoms with E-state index in [0.29, 0.717) is 0 Å². The Morgan fingerprint density at radius 2 is 2.11 bits per heavy atom. The van der Waals surface area contributed by atoms with Gasteiger partial charge in [0.2, 0.25) is 5.91 Å². The second-order valence-corrected chi connectivity index (χ2v) is 4.40. The molecule has 1 rings (SSSR count). The van der Waals surface area contributed by atoms with Crippen LogP contribution in [-0.2, 0) is 4.79 Å². The van der Waals surface area contributed by atoms with Gasteiger partial charge in [0.05, 0.1) is 4.92 Å². The van der Waals surface area contributed by atoms with Gasteiger partial charge >= 0.3 is 5.69 Å². The fraction of sp³-hybridized carbons (Fsp3) is 0.364. The van der Waals surface area contributed by atoms with Gasteiger partial charge in [-0.2, -0.15) is 0 Å². The van der Waals surface area contributed by atoms with Crippen LogP contribution < -0.4 is 5.32 Å². The van der Waals surface area contributed by atoms with Gasteiger partial charge in [-0.05, 0) is 19.1 Å². The number of hydrogen-bond acceptors (Lipinski definition) is 4. The van der Waals surface area contributed by atoms with E-state index in [9.17, 15) is 14.9 Å². The number of nitrogens with one attached hydrogen (secondary N) is 1. The molecule has 0 aliphatic rings. The molecule has 7 heteroatoms. The number of rotatable bonds is 4. The summed E-state index contributed by atoms with van der Waals surface area (Å²) in [5.41, 5.74) is 0.00720. The van der Waals surface area contributed by atoms with Crippen LogP contribution in [0.15, 0.2) is 18.2 Å². The standard InChI is InChI=1S/C11H14ClN3O3/c1-7(11(16)14(2)3)13-9-6-4-5-8(12)10(9)15(17)18/h4-7,13H,1-3H3. The number of halogens is 1. The third-order valence-electron chi connectivity index (χ3n) is 2.35. The number of amides is 1. The third-order valence-corrected chi connectivity index (χ3v) is 2.66. The number of likely N-dealkylation sites (N-methyl/N-ethyl adjacent to an activating group) is 1. The lowest BCUT2D eigenvalue weighted by molar-refractivity contribution is -0.383.